The Balaban J connectivity index is 1.34. The number of rotatable bonds is 7. The van der Waals surface area contributed by atoms with Crippen LogP contribution in [0.1, 0.15) is 38.6 Å². The van der Waals surface area contributed by atoms with Crippen LogP contribution in [0.4, 0.5) is 0 Å². The lowest BCUT2D eigenvalue weighted by Crippen LogP contribution is -2.47. The number of amides is 1. The molecular formula is C27H32N4O4. The maximum Gasteiger partial charge on any atom is 0.275 e. The standard InChI is InChI=1S/C27H32N4O4/c1-19-4-5-20(2)22(12-19)15-30(14-21-6-7-24-25(13-21)35-18-34-24)16-26-28-23(17-33-26)27(32)31-10-8-29(3)9-11-31/h4-7,12-13,17H,8-11,14-16,18H2,1-3H3. The van der Waals surface area contributed by atoms with Gasteiger partial charge >= 0.3 is 0 Å². The molecule has 0 N–H and O–H groups in total. The van der Waals surface area contributed by atoms with Crippen LogP contribution < -0.4 is 9.47 Å². The van der Waals surface area contributed by atoms with E-state index in [1.54, 1.807) is 0 Å². The zero-order chi connectivity index (χ0) is 24.4. The highest BCUT2D eigenvalue weighted by molar-refractivity contribution is 5.92. The lowest BCUT2D eigenvalue weighted by atomic mass is 10.0. The van der Waals surface area contributed by atoms with Crippen molar-refractivity contribution < 1.29 is 18.7 Å². The number of carbonyl (C=O) groups excluding carboxylic acids is 1. The molecule has 2 aromatic carbocycles. The third-order valence-electron chi connectivity index (χ3n) is 6.66. The third-order valence-corrected chi connectivity index (χ3v) is 6.66. The second-order valence-electron chi connectivity index (χ2n) is 9.48. The van der Waals surface area contributed by atoms with Crippen molar-refractivity contribution in [1.82, 2.24) is 19.7 Å². The maximum atomic E-state index is 12.9. The SMILES string of the molecule is Cc1ccc(C)c(CN(Cc2ccc3c(c2)OCO3)Cc2nc(C(=O)N3CCN(C)CC3)co2)c1. The average molecular weight is 477 g/mol. The maximum absolute atomic E-state index is 12.9. The number of oxazole rings is 1. The Morgan fingerprint density at radius 1 is 0.971 bits per heavy atom. The number of fused-ring (bicyclic) bond motifs is 1. The fourth-order valence-electron chi connectivity index (χ4n) is 4.52. The molecule has 3 heterocycles. The molecule has 0 aliphatic carbocycles. The molecule has 8 nitrogen and oxygen atoms in total. The quantitative estimate of drug-likeness (QED) is 0.516. The second-order valence-corrected chi connectivity index (χ2v) is 9.48. The van der Waals surface area contributed by atoms with E-state index in [0.717, 1.165) is 36.7 Å². The molecule has 0 bridgehead atoms. The first-order valence-corrected chi connectivity index (χ1v) is 12.0. The van der Waals surface area contributed by atoms with Crippen molar-refractivity contribution in [2.45, 2.75) is 33.5 Å². The van der Waals surface area contributed by atoms with Gasteiger partial charge in [-0.05, 0) is 49.7 Å². The number of piperazine rings is 1. The number of ether oxygens (including phenoxy) is 2. The molecule has 0 unspecified atom stereocenters. The summed E-state index contributed by atoms with van der Waals surface area (Å²) in [6.07, 6.45) is 1.49. The van der Waals surface area contributed by atoms with Gasteiger partial charge in [0.2, 0.25) is 12.7 Å². The third kappa shape index (κ3) is 5.49. The molecule has 8 heteroatoms. The van der Waals surface area contributed by atoms with E-state index >= 15 is 0 Å². The fourth-order valence-corrected chi connectivity index (χ4v) is 4.52. The van der Waals surface area contributed by atoms with Gasteiger partial charge in [0.05, 0.1) is 6.54 Å². The normalized spacial score (nSPS) is 15.7. The van der Waals surface area contributed by atoms with Gasteiger partial charge in [0.15, 0.2) is 17.2 Å². The van der Waals surface area contributed by atoms with Gasteiger partial charge < -0.3 is 23.7 Å². The molecule has 0 atom stereocenters. The first-order valence-electron chi connectivity index (χ1n) is 12.0. The lowest BCUT2D eigenvalue weighted by molar-refractivity contribution is 0.0658. The molecule has 1 saturated heterocycles. The Morgan fingerprint density at radius 2 is 1.77 bits per heavy atom. The number of nitrogens with zero attached hydrogens (tertiary/aromatic N) is 4. The summed E-state index contributed by atoms with van der Waals surface area (Å²) in [4.78, 5) is 23.8. The van der Waals surface area contributed by atoms with Gasteiger partial charge in [0, 0.05) is 39.3 Å². The summed E-state index contributed by atoms with van der Waals surface area (Å²) in [5.74, 6) is 2.01. The Morgan fingerprint density at radius 3 is 2.60 bits per heavy atom. The lowest BCUT2D eigenvalue weighted by Gasteiger charge is -2.31. The van der Waals surface area contributed by atoms with Gasteiger partial charge in [-0.3, -0.25) is 9.69 Å². The Labute approximate surface area is 206 Å². The molecule has 3 aromatic rings. The van der Waals surface area contributed by atoms with Crippen LogP contribution in [0, 0.1) is 13.8 Å². The van der Waals surface area contributed by atoms with Crippen LogP contribution in [0.25, 0.3) is 0 Å². The first kappa shape index (κ1) is 23.4. The topological polar surface area (TPSA) is 71.3 Å². The summed E-state index contributed by atoms with van der Waals surface area (Å²) < 4.78 is 16.8. The van der Waals surface area contributed by atoms with E-state index in [9.17, 15) is 4.79 Å². The molecule has 5 rings (SSSR count). The molecule has 2 aliphatic rings. The highest BCUT2D eigenvalue weighted by Crippen LogP contribution is 2.33. The smallest absolute Gasteiger partial charge is 0.275 e. The van der Waals surface area contributed by atoms with Gasteiger partial charge in [0.1, 0.15) is 6.26 Å². The van der Waals surface area contributed by atoms with Crippen LogP contribution in [0.2, 0.25) is 0 Å². The molecule has 0 saturated carbocycles. The monoisotopic (exact) mass is 476 g/mol. The molecule has 2 aliphatic heterocycles. The summed E-state index contributed by atoms with van der Waals surface area (Å²) in [7, 11) is 2.07. The second kappa shape index (κ2) is 10.1. The van der Waals surface area contributed by atoms with E-state index in [0.29, 0.717) is 37.8 Å². The van der Waals surface area contributed by atoms with Crippen LogP contribution in [-0.4, -0.2) is 65.6 Å². The summed E-state index contributed by atoms with van der Waals surface area (Å²) in [6, 6.07) is 12.5. The minimum absolute atomic E-state index is 0.0649. The van der Waals surface area contributed by atoms with E-state index in [1.807, 2.05) is 17.0 Å². The van der Waals surface area contributed by atoms with E-state index in [-0.39, 0.29) is 12.7 Å². The van der Waals surface area contributed by atoms with Crippen molar-refractivity contribution in [2.24, 2.45) is 0 Å². The number of aryl methyl sites for hydroxylation is 2. The summed E-state index contributed by atoms with van der Waals surface area (Å²) in [6.45, 7) is 9.54. The Hall–Kier alpha value is -3.36. The molecule has 0 spiro atoms. The minimum atomic E-state index is -0.0649. The van der Waals surface area contributed by atoms with Gasteiger partial charge in [-0.15, -0.1) is 0 Å². The van der Waals surface area contributed by atoms with Crippen molar-refractivity contribution in [2.75, 3.05) is 40.0 Å². The number of likely N-dealkylation sites (N-methyl/N-ethyl adjacent to an activating group) is 1. The Bertz CT molecular complexity index is 1200. The average Bonchev–Trinajstić information content (AvgIpc) is 3.51. The number of hydrogen-bond acceptors (Lipinski definition) is 7. The highest BCUT2D eigenvalue weighted by atomic mass is 16.7. The van der Waals surface area contributed by atoms with Gasteiger partial charge in [-0.25, -0.2) is 4.98 Å². The number of benzene rings is 2. The predicted molar refractivity (Wildman–Crippen MR) is 131 cm³/mol. The molecule has 1 amide bonds. The molecule has 1 fully saturated rings. The number of carbonyl (C=O) groups is 1. The molecule has 184 valence electrons. The van der Waals surface area contributed by atoms with Crippen LogP contribution in [0.3, 0.4) is 0 Å². The van der Waals surface area contributed by atoms with Crippen LogP contribution >= 0.6 is 0 Å². The molecule has 0 radical (unpaired) electrons. The van der Waals surface area contributed by atoms with Crippen molar-refractivity contribution in [3.05, 3.63) is 76.5 Å². The summed E-state index contributed by atoms with van der Waals surface area (Å²) in [5, 5.41) is 0. The fraction of sp³-hybridized carbons (Fsp3) is 0.407. The van der Waals surface area contributed by atoms with Crippen LogP contribution in [0.5, 0.6) is 11.5 Å². The Kier molecular flexibility index (Phi) is 6.74. The summed E-state index contributed by atoms with van der Waals surface area (Å²) in [5.41, 5.74) is 5.21. The van der Waals surface area contributed by atoms with Crippen molar-refractivity contribution in [3.63, 3.8) is 0 Å². The van der Waals surface area contributed by atoms with Gasteiger partial charge in [-0.2, -0.15) is 0 Å². The molecule has 1 aromatic heterocycles. The molecule has 35 heavy (non-hydrogen) atoms. The number of hydrogen-bond donors (Lipinski definition) is 0. The van der Waals surface area contributed by atoms with Crippen molar-refractivity contribution in [3.8, 4) is 11.5 Å². The molecular weight excluding hydrogens is 444 g/mol. The zero-order valence-corrected chi connectivity index (χ0v) is 20.6. The van der Waals surface area contributed by atoms with E-state index in [4.69, 9.17) is 13.9 Å². The zero-order valence-electron chi connectivity index (χ0n) is 20.6. The van der Waals surface area contributed by atoms with Gasteiger partial charge in [-0.1, -0.05) is 29.8 Å². The van der Waals surface area contributed by atoms with Crippen molar-refractivity contribution in [1.29, 1.82) is 0 Å². The summed E-state index contributed by atoms with van der Waals surface area (Å²) >= 11 is 0. The van der Waals surface area contributed by atoms with E-state index < -0.39 is 0 Å². The van der Waals surface area contributed by atoms with E-state index in [2.05, 4.69) is 59.9 Å². The van der Waals surface area contributed by atoms with Crippen LogP contribution in [-0.2, 0) is 19.6 Å². The first-order chi connectivity index (χ1) is 16.9. The van der Waals surface area contributed by atoms with E-state index in [1.165, 1.54) is 23.0 Å². The van der Waals surface area contributed by atoms with Gasteiger partial charge in [0.25, 0.3) is 5.91 Å². The predicted octanol–water partition coefficient (Wildman–Crippen LogP) is 3.61. The van der Waals surface area contributed by atoms with Crippen LogP contribution in [0.15, 0.2) is 47.1 Å². The number of aromatic nitrogens is 1. The highest BCUT2D eigenvalue weighted by Gasteiger charge is 2.24. The van der Waals surface area contributed by atoms with Crippen molar-refractivity contribution >= 4 is 5.91 Å². The largest absolute Gasteiger partial charge is 0.454 e. The minimum Gasteiger partial charge on any atom is -0.454 e.